The first-order valence-electron chi connectivity index (χ1n) is 15.0. The Hall–Kier alpha value is -5.26. The molecule has 5 heteroatoms. The number of hydrogen-bond acceptors (Lipinski definition) is 5. The van der Waals surface area contributed by atoms with E-state index in [2.05, 4.69) is 66.7 Å². The zero-order valence-corrected chi connectivity index (χ0v) is 24.6. The second-order valence-electron chi connectivity index (χ2n) is 11.5. The summed E-state index contributed by atoms with van der Waals surface area (Å²) in [6.07, 6.45) is 7.88. The van der Waals surface area contributed by atoms with Gasteiger partial charge in [0.05, 0.1) is 10.2 Å². The number of pyridine rings is 1. The van der Waals surface area contributed by atoms with Crippen LogP contribution in [-0.2, 0) is 0 Å². The quantitative estimate of drug-likeness (QED) is 0.203. The van der Waals surface area contributed by atoms with Crippen LogP contribution in [0.2, 0.25) is 0 Å². The first kappa shape index (κ1) is 25.3. The van der Waals surface area contributed by atoms with Gasteiger partial charge in [-0.2, -0.15) is 0 Å². The van der Waals surface area contributed by atoms with Gasteiger partial charge >= 0.3 is 0 Å². The Morgan fingerprint density at radius 2 is 1.14 bits per heavy atom. The van der Waals surface area contributed by atoms with E-state index in [0.29, 0.717) is 29.3 Å². The lowest BCUT2D eigenvalue weighted by Crippen LogP contribution is -2.00. The zero-order chi connectivity index (χ0) is 29.0. The Labute approximate surface area is 259 Å². The summed E-state index contributed by atoms with van der Waals surface area (Å²) in [7, 11) is 0. The highest BCUT2D eigenvalue weighted by molar-refractivity contribution is 7.20. The first-order chi connectivity index (χ1) is 21.8. The van der Waals surface area contributed by atoms with Crippen LogP contribution in [-0.4, -0.2) is 19.9 Å². The van der Waals surface area contributed by atoms with E-state index in [1.54, 1.807) is 0 Å². The maximum Gasteiger partial charge on any atom is 0.164 e. The summed E-state index contributed by atoms with van der Waals surface area (Å²) in [5.74, 6) is 3.32. The second-order valence-corrected chi connectivity index (χ2v) is 12.5. The van der Waals surface area contributed by atoms with Crippen LogP contribution in [0.25, 0.3) is 72.7 Å². The van der Waals surface area contributed by atoms with Crippen LogP contribution in [0.4, 0.5) is 0 Å². The molecule has 0 spiro atoms. The van der Waals surface area contributed by atoms with Crippen LogP contribution in [0, 0.1) is 5.92 Å². The fourth-order valence-corrected chi connectivity index (χ4v) is 7.76. The molecule has 44 heavy (non-hydrogen) atoms. The van der Waals surface area contributed by atoms with E-state index in [1.807, 2.05) is 78.2 Å². The van der Waals surface area contributed by atoms with E-state index < -0.39 is 0 Å². The lowest BCUT2D eigenvalue weighted by atomic mass is 9.95. The number of benzene rings is 4. The minimum atomic E-state index is 0.649. The van der Waals surface area contributed by atoms with Gasteiger partial charge < -0.3 is 0 Å². The summed E-state index contributed by atoms with van der Waals surface area (Å²) in [6, 6.07) is 39.7. The Morgan fingerprint density at radius 3 is 1.80 bits per heavy atom. The third-order valence-corrected chi connectivity index (χ3v) is 9.99. The molecule has 2 atom stereocenters. The molecular formula is C39H26N4S. The van der Waals surface area contributed by atoms with Crippen molar-refractivity contribution in [2.24, 2.45) is 5.92 Å². The molecule has 2 aliphatic rings. The van der Waals surface area contributed by atoms with Crippen LogP contribution in [0.3, 0.4) is 0 Å². The normalized spacial score (nSPS) is 16.5. The molecule has 2 aliphatic carbocycles. The smallest absolute Gasteiger partial charge is 0.164 e. The van der Waals surface area contributed by atoms with Crippen molar-refractivity contribution in [3.8, 4) is 56.4 Å². The van der Waals surface area contributed by atoms with E-state index in [1.165, 1.54) is 27.1 Å². The molecule has 7 aromatic rings. The van der Waals surface area contributed by atoms with Crippen molar-refractivity contribution >= 4 is 27.6 Å². The van der Waals surface area contributed by atoms with Gasteiger partial charge in [0.2, 0.25) is 0 Å². The highest BCUT2D eigenvalue weighted by Gasteiger charge is 2.41. The molecule has 3 aromatic heterocycles. The van der Waals surface area contributed by atoms with Crippen LogP contribution < -0.4 is 0 Å². The van der Waals surface area contributed by atoms with Crippen LogP contribution in [0.5, 0.6) is 0 Å². The predicted molar refractivity (Wildman–Crippen MR) is 180 cm³/mol. The maximum absolute atomic E-state index is 5.06. The van der Waals surface area contributed by atoms with Crippen molar-refractivity contribution in [3.63, 3.8) is 0 Å². The average molecular weight is 583 g/mol. The Balaban J connectivity index is 1.28. The largest absolute Gasteiger partial charge is 0.255 e. The summed E-state index contributed by atoms with van der Waals surface area (Å²) >= 11 is 1.92. The third kappa shape index (κ3) is 4.36. The topological polar surface area (TPSA) is 51.6 Å². The number of hydrogen-bond donors (Lipinski definition) is 0. The van der Waals surface area contributed by atoms with Gasteiger partial charge in [-0.05, 0) is 53.3 Å². The predicted octanol–water partition coefficient (Wildman–Crippen LogP) is 9.95. The van der Waals surface area contributed by atoms with Crippen LogP contribution in [0.15, 0.2) is 128 Å². The number of nitrogens with zero attached hydrogens (tertiary/aromatic N) is 4. The third-order valence-electron chi connectivity index (χ3n) is 8.63. The van der Waals surface area contributed by atoms with Crippen molar-refractivity contribution in [3.05, 3.63) is 138 Å². The summed E-state index contributed by atoms with van der Waals surface area (Å²) < 4.78 is 1.25. The molecule has 0 aliphatic heterocycles. The summed E-state index contributed by atoms with van der Waals surface area (Å²) in [5.41, 5.74) is 9.87. The van der Waals surface area contributed by atoms with E-state index in [-0.39, 0.29) is 0 Å². The van der Waals surface area contributed by atoms with Gasteiger partial charge in [-0.1, -0.05) is 103 Å². The first-order valence-corrected chi connectivity index (χ1v) is 15.8. The van der Waals surface area contributed by atoms with Gasteiger partial charge in [-0.25, -0.2) is 15.0 Å². The molecule has 0 N–H and O–H groups in total. The van der Waals surface area contributed by atoms with Gasteiger partial charge in [-0.15, -0.1) is 11.3 Å². The van der Waals surface area contributed by atoms with E-state index >= 15 is 0 Å². The number of fused-ring (bicyclic) bond motifs is 5. The molecule has 9 rings (SSSR count). The number of aromatic nitrogens is 4. The number of rotatable bonds is 5. The maximum atomic E-state index is 5.06. The number of thiophene rings is 1. The lowest BCUT2D eigenvalue weighted by molar-refractivity contribution is 1.02. The van der Waals surface area contributed by atoms with Crippen molar-refractivity contribution in [2.75, 3.05) is 0 Å². The molecule has 4 aromatic carbocycles. The molecule has 0 radical (unpaired) electrons. The minimum Gasteiger partial charge on any atom is -0.255 e. The second kappa shape index (κ2) is 10.2. The number of allylic oxidation sites excluding steroid dienone is 1. The van der Waals surface area contributed by atoms with E-state index in [9.17, 15) is 0 Å². The molecule has 2 unspecified atom stereocenters. The summed E-state index contributed by atoms with van der Waals surface area (Å²) in [5, 5.41) is 0. The van der Waals surface area contributed by atoms with Crippen molar-refractivity contribution < 1.29 is 0 Å². The molecule has 1 saturated carbocycles. The van der Waals surface area contributed by atoms with Crippen molar-refractivity contribution in [1.82, 2.24) is 19.9 Å². The highest BCUT2D eigenvalue weighted by atomic mass is 32.1. The van der Waals surface area contributed by atoms with Gasteiger partial charge in [0, 0.05) is 44.8 Å². The standard InChI is InChI=1S/C39H26N4S/c1-4-10-24(11-5-1)28-20-29(31-18-19-40-34-32-17-16-27-23-33(27)35(32)44-36(31)34)22-30(21-28)39-42-37(25-12-6-2-7-13-25)41-38(43-39)26-14-8-3-9-15-26/h1-22,27,33H,23H2. The molecule has 0 saturated heterocycles. The monoisotopic (exact) mass is 582 g/mol. The van der Waals surface area contributed by atoms with Gasteiger partial charge in [-0.3, -0.25) is 4.98 Å². The van der Waals surface area contributed by atoms with Crippen molar-refractivity contribution in [2.45, 2.75) is 12.3 Å². The molecule has 3 heterocycles. The molecule has 0 bridgehead atoms. The van der Waals surface area contributed by atoms with E-state index in [0.717, 1.165) is 38.9 Å². The fourth-order valence-electron chi connectivity index (χ4n) is 6.28. The zero-order valence-electron chi connectivity index (χ0n) is 23.8. The van der Waals surface area contributed by atoms with E-state index in [4.69, 9.17) is 19.9 Å². The molecule has 0 amide bonds. The minimum absolute atomic E-state index is 0.649. The highest BCUT2D eigenvalue weighted by Crippen LogP contribution is 2.57. The van der Waals surface area contributed by atoms with Crippen LogP contribution in [0.1, 0.15) is 22.8 Å². The lowest BCUT2D eigenvalue weighted by Gasteiger charge is -2.13. The van der Waals surface area contributed by atoms with Crippen molar-refractivity contribution in [1.29, 1.82) is 0 Å². The Kier molecular flexibility index (Phi) is 5.84. The van der Waals surface area contributed by atoms with Gasteiger partial charge in [0.25, 0.3) is 0 Å². The Morgan fingerprint density at radius 1 is 0.568 bits per heavy atom. The van der Waals surface area contributed by atoms with Gasteiger partial charge in [0.1, 0.15) is 0 Å². The Bertz CT molecular complexity index is 2150. The fraction of sp³-hybridized carbons (Fsp3) is 0.0769. The van der Waals surface area contributed by atoms with Gasteiger partial charge in [0.15, 0.2) is 17.5 Å². The summed E-state index contributed by atoms with van der Waals surface area (Å²) in [6.45, 7) is 0. The summed E-state index contributed by atoms with van der Waals surface area (Å²) in [4.78, 5) is 21.4. The van der Waals surface area contributed by atoms with Crippen LogP contribution >= 0.6 is 11.3 Å². The SMILES string of the molecule is C1=CC2CC2c2sc3c(-c4cc(-c5ccccc5)cc(-c5nc(-c6ccccc6)nc(-c6ccccc6)n5)c4)ccnc3c21. The molecular weight excluding hydrogens is 557 g/mol. The average Bonchev–Trinajstić information content (AvgIpc) is 3.81. The molecule has 208 valence electrons. The molecule has 4 nitrogen and oxygen atoms in total. The molecule has 1 fully saturated rings.